The Bertz CT molecular complexity index is 1330. The van der Waals surface area contributed by atoms with E-state index in [1.165, 1.54) is 41.1 Å². The summed E-state index contributed by atoms with van der Waals surface area (Å²) in [5, 5.41) is 17.9. The third-order valence-corrected chi connectivity index (χ3v) is 6.32. The minimum Gasteiger partial charge on any atom is -0.497 e. The third-order valence-electron chi connectivity index (χ3n) is 4.88. The number of carbonyl (C=O) groups is 1. The van der Waals surface area contributed by atoms with Crippen LogP contribution in [-0.4, -0.2) is 36.1 Å². The summed E-state index contributed by atoms with van der Waals surface area (Å²) in [4.78, 5) is 22.8. The van der Waals surface area contributed by atoms with E-state index >= 15 is 0 Å². The molecular weight excluding hydrogens is 436 g/mol. The number of fused-ring (bicyclic) bond motifs is 1. The van der Waals surface area contributed by atoms with Gasteiger partial charge in [0.15, 0.2) is 9.84 Å². The fourth-order valence-corrected chi connectivity index (χ4v) is 4.81. The molecule has 0 fully saturated rings. The number of anilines is 1. The maximum atomic E-state index is 12.6. The van der Waals surface area contributed by atoms with Crippen LogP contribution in [0, 0.1) is 10.1 Å². The van der Waals surface area contributed by atoms with Crippen LogP contribution in [0.4, 0.5) is 11.5 Å². The molecular formula is C21H18N4O6S. The average Bonchev–Trinajstić information content (AvgIpc) is 3.25. The lowest BCUT2D eigenvalue weighted by Gasteiger charge is -2.10. The van der Waals surface area contributed by atoms with Gasteiger partial charge >= 0.3 is 0 Å². The van der Waals surface area contributed by atoms with Crippen LogP contribution < -0.4 is 10.1 Å². The maximum Gasteiger partial charge on any atom is 0.269 e. The molecule has 3 aromatic rings. The maximum absolute atomic E-state index is 12.6. The van der Waals surface area contributed by atoms with Crippen molar-refractivity contribution in [2.45, 2.75) is 11.5 Å². The van der Waals surface area contributed by atoms with E-state index in [4.69, 9.17) is 4.74 Å². The van der Waals surface area contributed by atoms with E-state index in [0.717, 1.165) is 0 Å². The van der Waals surface area contributed by atoms with Crippen LogP contribution in [-0.2, 0) is 26.1 Å². The van der Waals surface area contributed by atoms with Crippen LogP contribution in [0.3, 0.4) is 0 Å². The van der Waals surface area contributed by atoms with Crippen LogP contribution in [0.2, 0.25) is 0 Å². The molecule has 1 amide bonds. The first-order chi connectivity index (χ1) is 15.3. The molecule has 1 aliphatic rings. The fraction of sp³-hybridized carbons (Fsp3) is 0.143. The standard InChI is InChI=1S/C21H18N4O6S/c1-31-17-9-7-15(8-10-17)24-21(18-12-32(29,30)13-19(18)23-24)22-20(26)11-4-14-2-5-16(6-3-14)25(27)28/h2-11H,12-13H2,1H3,(H,22,26)/b11-4-. The summed E-state index contributed by atoms with van der Waals surface area (Å²) in [5.74, 6) is 0.0371. The van der Waals surface area contributed by atoms with Crippen molar-refractivity contribution in [3.63, 3.8) is 0 Å². The molecule has 1 N–H and O–H groups in total. The monoisotopic (exact) mass is 454 g/mol. The number of nitro benzene ring substituents is 1. The van der Waals surface area contributed by atoms with Crippen molar-refractivity contribution >= 4 is 33.3 Å². The number of hydrogen-bond donors (Lipinski definition) is 1. The molecule has 10 nitrogen and oxygen atoms in total. The number of ether oxygens (including phenoxy) is 1. The summed E-state index contributed by atoms with van der Waals surface area (Å²) >= 11 is 0. The van der Waals surface area contributed by atoms with Crippen LogP contribution in [0.1, 0.15) is 16.8 Å². The first kappa shape index (κ1) is 21.2. The van der Waals surface area contributed by atoms with Crippen LogP contribution in [0.25, 0.3) is 11.8 Å². The largest absolute Gasteiger partial charge is 0.497 e. The van der Waals surface area contributed by atoms with Gasteiger partial charge in [-0.2, -0.15) is 5.10 Å². The number of benzene rings is 2. The van der Waals surface area contributed by atoms with Crippen molar-refractivity contribution < 1.29 is 22.9 Å². The Morgan fingerprint density at radius 2 is 1.84 bits per heavy atom. The Labute approximate surface area is 183 Å². The molecule has 4 rings (SSSR count). The number of nitrogens with one attached hydrogen (secondary N) is 1. The van der Waals surface area contributed by atoms with Gasteiger partial charge in [-0.3, -0.25) is 14.9 Å². The lowest BCUT2D eigenvalue weighted by molar-refractivity contribution is -0.384. The van der Waals surface area contributed by atoms with Crippen molar-refractivity contribution in [3.8, 4) is 11.4 Å². The van der Waals surface area contributed by atoms with Gasteiger partial charge in [0, 0.05) is 23.8 Å². The first-order valence-corrected chi connectivity index (χ1v) is 11.3. The molecule has 2 heterocycles. The number of non-ortho nitro benzene ring substituents is 1. The van der Waals surface area contributed by atoms with Gasteiger partial charge in [0.1, 0.15) is 11.6 Å². The third kappa shape index (κ3) is 4.37. The average molecular weight is 454 g/mol. The second kappa shape index (κ2) is 8.27. The number of methoxy groups -OCH3 is 1. The smallest absolute Gasteiger partial charge is 0.269 e. The Kier molecular flexibility index (Phi) is 5.49. The van der Waals surface area contributed by atoms with Gasteiger partial charge in [0.2, 0.25) is 5.91 Å². The number of carbonyl (C=O) groups excluding carboxylic acids is 1. The number of nitrogens with zero attached hydrogens (tertiary/aromatic N) is 3. The molecule has 164 valence electrons. The predicted molar refractivity (Wildman–Crippen MR) is 117 cm³/mol. The van der Waals surface area contributed by atoms with Gasteiger partial charge in [-0.05, 0) is 48.0 Å². The molecule has 0 saturated heterocycles. The molecule has 0 saturated carbocycles. The van der Waals surface area contributed by atoms with Gasteiger partial charge in [-0.25, -0.2) is 13.1 Å². The molecule has 1 aliphatic heterocycles. The molecule has 32 heavy (non-hydrogen) atoms. The Hall–Kier alpha value is -3.99. The molecule has 0 spiro atoms. The molecule has 0 radical (unpaired) electrons. The van der Waals surface area contributed by atoms with Crippen LogP contribution in [0.5, 0.6) is 5.75 Å². The number of hydrogen-bond acceptors (Lipinski definition) is 7. The highest BCUT2D eigenvalue weighted by Gasteiger charge is 2.33. The van der Waals surface area contributed by atoms with Crippen LogP contribution in [0.15, 0.2) is 54.6 Å². The van der Waals surface area contributed by atoms with Crippen molar-refractivity contribution in [2.24, 2.45) is 0 Å². The minimum atomic E-state index is -3.32. The number of sulfone groups is 1. The van der Waals surface area contributed by atoms with Crippen LogP contribution >= 0.6 is 0 Å². The summed E-state index contributed by atoms with van der Waals surface area (Å²) < 4.78 is 30.8. The number of nitro groups is 1. The normalized spacial score (nSPS) is 14.3. The number of rotatable bonds is 6. The zero-order valence-electron chi connectivity index (χ0n) is 16.9. The Morgan fingerprint density at radius 3 is 2.47 bits per heavy atom. The summed E-state index contributed by atoms with van der Waals surface area (Å²) in [6, 6.07) is 12.7. The zero-order valence-corrected chi connectivity index (χ0v) is 17.7. The molecule has 0 unspecified atom stereocenters. The van der Waals surface area contributed by atoms with E-state index in [1.54, 1.807) is 31.4 Å². The lowest BCUT2D eigenvalue weighted by atomic mass is 10.2. The van der Waals surface area contributed by atoms with E-state index in [1.807, 2.05) is 0 Å². The number of aromatic nitrogens is 2. The summed E-state index contributed by atoms with van der Waals surface area (Å²) in [6.07, 6.45) is 2.77. The van der Waals surface area contributed by atoms with Gasteiger partial charge in [-0.15, -0.1) is 0 Å². The quantitative estimate of drug-likeness (QED) is 0.344. The van der Waals surface area contributed by atoms with E-state index < -0.39 is 20.7 Å². The highest BCUT2D eigenvalue weighted by atomic mass is 32.2. The van der Waals surface area contributed by atoms with Gasteiger partial charge in [0.05, 0.1) is 34.9 Å². The second-order valence-electron chi connectivity index (χ2n) is 7.09. The van der Waals surface area contributed by atoms with Gasteiger partial charge in [-0.1, -0.05) is 0 Å². The highest BCUT2D eigenvalue weighted by Crippen LogP contribution is 2.33. The van der Waals surface area contributed by atoms with Crippen molar-refractivity contribution in [1.82, 2.24) is 9.78 Å². The lowest BCUT2D eigenvalue weighted by Crippen LogP contribution is -2.14. The van der Waals surface area contributed by atoms with Crippen molar-refractivity contribution in [2.75, 3.05) is 12.4 Å². The molecule has 2 aromatic carbocycles. The van der Waals surface area contributed by atoms with Gasteiger partial charge < -0.3 is 10.1 Å². The van der Waals surface area contributed by atoms with E-state index in [9.17, 15) is 23.3 Å². The molecule has 1 aromatic heterocycles. The molecule has 0 aliphatic carbocycles. The topological polar surface area (TPSA) is 133 Å². The molecule has 11 heteroatoms. The van der Waals surface area contributed by atoms with Crippen molar-refractivity contribution in [1.29, 1.82) is 0 Å². The number of amides is 1. The van der Waals surface area contributed by atoms with E-state index in [-0.39, 0.29) is 23.0 Å². The van der Waals surface area contributed by atoms with E-state index in [2.05, 4.69) is 10.4 Å². The SMILES string of the molecule is COc1ccc(-n2nc3c(c2NC(=O)/C=C\c2ccc([N+](=O)[O-])cc2)CS(=O)(=O)C3)cc1. The van der Waals surface area contributed by atoms with Crippen molar-refractivity contribution in [3.05, 3.63) is 81.5 Å². The summed E-state index contributed by atoms with van der Waals surface area (Å²) in [6.45, 7) is 0. The molecule has 0 atom stereocenters. The fourth-order valence-electron chi connectivity index (χ4n) is 3.32. The Morgan fingerprint density at radius 1 is 1.16 bits per heavy atom. The highest BCUT2D eigenvalue weighted by molar-refractivity contribution is 7.90. The summed E-state index contributed by atoms with van der Waals surface area (Å²) in [7, 11) is -1.77. The van der Waals surface area contributed by atoms with E-state index in [0.29, 0.717) is 28.3 Å². The predicted octanol–water partition coefficient (Wildman–Crippen LogP) is 2.87. The van der Waals surface area contributed by atoms with Gasteiger partial charge in [0.25, 0.3) is 5.69 Å². The molecule has 0 bridgehead atoms. The summed E-state index contributed by atoms with van der Waals surface area (Å²) in [5.41, 5.74) is 2.04. The Balaban J connectivity index is 1.61. The minimum absolute atomic E-state index is 0.0493. The zero-order chi connectivity index (χ0) is 22.9. The second-order valence-corrected chi connectivity index (χ2v) is 9.15. The first-order valence-electron chi connectivity index (χ1n) is 9.45.